The molecule has 94 valence electrons. The minimum Gasteiger partial charge on any atom is -0.356 e. The van der Waals surface area contributed by atoms with Crippen LogP contribution in [0.5, 0.6) is 0 Å². The lowest BCUT2D eigenvalue weighted by Gasteiger charge is -2.00. The van der Waals surface area contributed by atoms with E-state index >= 15 is 0 Å². The fourth-order valence-corrected chi connectivity index (χ4v) is 1.91. The highest BCUT2D eigenvalue weighted by Gasteiger charge is 2.09. The highest BCUT2D eigenvalue weighted by molar-refractivity contribution is 5.85. The molecule has 3 aromatic rings. The summed E-state index contributed by atoms with van der Waals surface area (Å²) >= 11 is 0. The topological polar surface area (TPSA) is 43.9 Å². The van der Waals surface area contributed by atoms with E-state index in [0.29, 0.717) is 6.54 Å². The molecule has 3 rings (SSSR count). The maximum atomic E-state index is 5.35. The molecule has 0 bridgehead atoms. The van der Waals surface area contributed by atoms with Crippen molar-refractivity contribution in [2.24, 2.45) is 0 Å². The van der Waals surface area contributed by atoms with Crippen LogP contribution in [0.4, 0.5) is 0 Å². The van der Waals surface area contributed by atoms with Gasteiger partial charge >= 0.3 is 0 Å². The molecule has 0 amide bonds. The third-order valence-corrected chi connectivity index (χ3v) is 3.05. The summed E-state index contributed by atoms with van der Waals surface area (Å²) in [6.07, 6.45) is 5.46. The summed E-state index contributed by atoms with van der Waals surface area (Å²) in [5.74, 6) is 0. The largest absolute Gasteiger partial charge is 0.356 e. The number of halogens is 1. The number of benzene rings is 1. The smallest absolute Gasteiger partial charge is 0.167 e. The van der Waals surface area contributed by atoms with E-state index in [2.05, 4.69) is 30.1 Å². The van der Waals surface area contributed by atoms with E-state index in [1.54, 1.807) is 12.5 Å². The molecule has 0 atom stereocenters. The van der Waals surface area contributed by atoms with Crippen LogP contribution in [0.2, 0.25) is 0 Å². The quantitative estimate of drug-likeness (QED) is 0.714. The molecular formula is C13H14ClN3O. The Morgan fingerprint density at radius 1 is 1.22 bits per heavy atom. The van der Waals surface area contributed by atoms with Gasteiger partial charge in [0.2, 0.25) is 0 Å². The van der Waals surface area contributed by atoms with Gasteiger partial charge in [0.25, 0.3) is 0 Å². The third kappa shape index (κ3) is 2.11. The molecule has 2 aromatic heterocycles. The average molecular weight is 264 g/mol. The normalized spacial score (nSPS) is 10.6. The van der Waals surface area contributed by atoms with Crippen molar-refractivity contribution in [3.63, 3.8) is 0 Å². The van der Waals surface area contributed by atoms with E-state index in [1.807, 2.05) is 16.8 Å². The van der Waals surface area contributed by atoms with Crippen molar-refractivity contribution < 1.29 is 4.52 Å². The van der Waals surface area contributed by atoms with E-state index in [9.17, 15) is 0 Å². The van der Waals surface area contributed by atoms with Gasteiger partial charge < -0.3 is 9.09 Å². The van der Waals surface area contributed by atoms with E-state index < -0.39 is 0 Å². The van der Waals surface area contributed by atoms with Gasteiger partial charge in [-0.1, -0.05) is 5.16 Å². The van der Waals surface area contributed by atoms with Gasteiger partial charge in [-0.15, -0.1) is 12.4 Å². The predicted molar refractivity (Wildman–Crippen MR) is 72.1 cm³/mol. The van der Waals surface area contributed by atoms with Gasteiger partial charge in [0.1, 0.15) is 5.69 Å². The summed E-state index contributed by atoms with van der Waals surface area (Å²) < 4.78 is 7.33. The standard InChI is InChI=1S/C13H13N3O.ClH/c1-9-5-11-12(7-16-4-3-14-8-16)15-17-13(11)6-10(9)2;/h3-6,8H,7H2,1-2H3;1H. The van der Waals surface area contributed by atoms with Gasteiger partial charge in [0.15, 0.2) is 5.58 Å². The molecule has 0 aliphatic heterocycles. The van der Waals surface area contributed by atoms with Crippen molar-refractivity contribution in [3.8, 4) is 0 Å². The summed E-state index contributed by atoms with van der Waals surface area (Å²) in [5.41, 5.74) is 4.28. The first-order valence-electron chi connectivity index (χ1n) is 5.55. The maximum absolute atomic E-state index is 5.35. The SMILES string of the molecule is Cc1cc2onc(Cn3ccnc3)c2cc1C.Cl. The zero-order valence-electron chi connectivity index (χ0n) is 10.3. The van der Waals surface area contributed by atoms with Crippen LogP contribution in [0.1, 0.15) is 16.8 Å². The number of nitrogens with zero attached hydrogens (tertiary/aromatic N) is 3. The zero-order valence-corrected chi connectivity index (χ0v) is 11.1. The van der Waals surface area contributed by atoms with Crippen LogP contribution < -0.4 is 0 Å². The molecule has 0 aliphatic carbocycles. The van der Waals surface area contributed by atoms with Crippen LogP contribution in [-0.2, 0) is 6.54 Å². The molecule has 0 spiro atoms. The first-order valence-corrected chi connectivity index (χ1v) is 5.55. The Kier molecular flexibility index (Phi) is 3.39. The Balaban J connectivity index is 0.00000120. The van der Waals surface area contributed by atoms with Crippen molar-refractivity contribution in [2.45, 2.75) is 20.4 Å². The van der Waals surface area contributed by atoms with Crippen LogP contribution in [0.25, 0.3) is 11.0 Å². The Bertz CT molecular complexity index is 658. The minimum atomic E-state index is 0. The molecule has 4 nitrogen and oxygen atoms in total. The summed E-state index contributed by atoms with van der Waals surface area (Å²) in [6.45, 7) is 4.87. The molecule has 0 fully saturated rings. The van der Waals surface area contributed by atoms with Gasteiger partial charge in [-0.2, -0.15) is 0 Å². The van der Waals surface area contributed by atoms with Crippen molar-refractivity contribution in [1.29, 1.82) is 0 Å². The fraction of sp³-hybridized carbons (Fsp3) is 0.231. The monoisotopic (exact) mass is 263 g/mol. The molecule has 0 N–H and O–H groups in total. The zero-order chi connectivity index (χ0) is 11.8. The molecule has 0 saturated heterocycles. The fourth-order valence-electron chi connectivity index (χ4n) is 1.91. The lowest BCUT2D eigenvalue weighted by atomic mass is 10.1. The van der Waals surface area contributed by atoms with E-state index in [1.165, 1.54) is 11.1 Å². The number of aryl methyl sites for hydroxylation is 2. The molecule has 0 saturated carbocycles. The summed E-state index contributed by atoms with van der Waals surface area (Å²) in [6, 6.07) is 4.17. The van der Waals surface area contributed by atoms with Crippen LogP contribution >= 0.6 is 12.4 Å². The highest BCUT2D eigenvalue weighted by Crippen LogP contribution is 2.23. The molecule has 2 heterocycles. The Morgan fingerprint density at radius 2 is 2.00 bits per heavy atom. The lowest BCUT2D eigenvalue weighted by molar-refractivity contribution is 0.443. The van der Waals surface area contributed by atoms with Crippen LogP contribution in [-0.4, -0.2) is 14.7 Å². The molecular weight excluding hydrogens is 250 g/mol. The van der Waals surface area contributed by atoms with Crippen LogP contribution in [0.3, 0.4) is 0 Å². The number of hydrogen-bond acceptors (Lipinski definition) is 3. The third-order valence-electron chi connectivity index (χ3n) is 3.05. The number of fused-ring (bicyclic) bond motifs is 1. The number of aromatic nitrogens is 3. The second-order valence-electron chi connectivity index (χ2n) is 4.30. The lowest BCUT2D eigenvalue weighted by Crippen LogP contribution is -1.97. The Hall–Kier alpha value is -1.81. The number of hydrogen-bond donors (Lipinski definition) is 0. The van der Waals surface area contributed by atoms with Crippen molar-refractivity contribution in [3.05, 3.63) is 47.7 Å². The highest BCUT2D eigenvalue weighted by atomic mass is 35.5. The van der Waals surface area contributed by atoms with Crippen molar-refractivity contribution in [2.75, 3.05) is 0 Å². The number of imidazole rings is 1. The van der Waals surface area contributed by atoms with Crippen LogP contribution in [0.15, 0.2) is 35.4 Å². The van der Waals surface area contributed by atoms with Crippen molar-refractivity contribution >= 4 is 23.4 Å². The molecule has 0 unspecified atom stereocenters. The van der Waals surface area contributed by atoms with Gasteiger partial charge in [-0.05, 0) is 37.1 Å². The van der Waals surface area contributed by atoms with E-state index in [0.717, 1.165) is 16.7 Å². The van der Waals surface area contributed by atoms with Gasteiger partial charge in [-0.25, -0.2) is 4.98 Å². The maximum Gasteiger partial charge on any atom is 0.167 e. The molecule has 0 radical (unpaired) electrons. The molecule has 0 aliphatic rings. The Labute approximate surface area is 111 Å². The van der Waals surface area contributed by atoms with E-state index in [-0.39, 0.29) is 12.4 Å². The van der Waals surface area contributed by atoms with Gasteiger partial charge in [0, 0.05) is 17.8 Å². The molecule has 1 aromatic carbocycles. The second-order valence-corrected chi connectivity index (χ2v) is 4.30. The average Bonchev–Trinajstić information content (AvgIpc) is 2.92. The molecule has 18 heavy (non-hydrogen) atoms. The summed E-state index contributed by atoms with van der Waals surface area (Å²) in [4.78, 5) is 4.02. The first kappa shape index (κ1) is 12.6. The van der Waals surface area contributed by atoms with Gasteiger partial charge in [0.05, 0.1) is 12.9 Å². The van der Waals surface area contributed by atoms with Crippen LogP contribution in [0, 0.1) is 13.8 Å². The Morgan fingerprint density at radius 3 is 2.72 bits per heavy atom. The predicted octanol–water partition coefficient (Wildman–Crippen LogP) is 3.11. The minimum absolute atomic E-state index is 0. The van der Waals surface area contributed by atoms with E-state index in [4.69, 9.17) is 4.52 Å². The summed E-state index contributed by atoms with van der Waals surface area (Å²) in [5, 5.41) is 5.21. The summed E-state index contributed by atoms with van der Waals surface area (Å²) in [7, 11) is 0. The first-order chi connectivity index (χ1) is 8.24. The second kappa shape index (κ2) is 4.82. The number of rotatable bonds is 2. The molecule has 5 heteroatoms. The van der Waals surface area contributed by atoms with Crippen molar-refractivity contribution in [1.82, 2.24) is 14.7 Å². The van der Waals surface area contributed by atoms with Gasteiger partial charge in [-0.3, -0.25) is 0 Å².